The fourth-order valence-electron chi connectivity index (χ4n) is 2.68. The summed E-state index contributed by atoms with van der Waals surface area (Å²) in [6, 6.07) is 3.85. The minimum absolute atomic E-state index is 0.0169. The highest BCUT2D eigenvalue weighted by molar-refractivity contribution is 6.05. The maximum atomic E-state index is 12.4. The molecule has 2 rings (SSSR count). The van der Waals surface area contributed by atoms with Gasteiger partial charge in [0.2, 0.25) is 5.91 Å². The largest absolute Gasteiger partial charge is 0.395 e. The number of nitrogens with one attached hydrogen (secondary N) is 1. The molecule has 0 radical (unpaired) electrons. The quantitative estimate of drug-likeness (QED) is 0.844. The van der Waals surface area contributed by atoms with Gasteiger partial charge in [-0.3, -0.25) is 4.79 Å². The lowest BCUT2D eigenvalue weighted by Gasteiger charge is -2.16. The maximum Gasteiger partial charge on any atom is 0.248 e. The molecule has 18 heavy (non-hydrogen) atoms. The van der Waals surface area contributed by atoms with Crippen LogP contribution >= 0.6 is 0 Å². The minimum atomic E-state index is -0.267. The van der Waals surface area contributed by atoms with Crippen LogP contribution in [0.25, 0.3) is 0 Å². The number of fused-ring (bicyclic) bond motifs is 1. The highest BCUT2D eigenvalue weighted by atomic mass is 16.3. The molecule has 1 atom stereocenters. The highest BCUT2D eigenvalue weighted by Gasteiger charge is 2.37. The highest BCUT2D eigenvalue weighted by Crippen LogP contribution is 2.38. The minimum Gasteiger partial charge on any atom is -0.395 e. The van der Waals surface area contributed by atoms with Crippen molar-refractivity contribution in [1.29, 1.82) is 0 Å². The normalized spacial score (nSPS) is 18.3. The Bertz CT molecular complexity index is 471. The van der Waals surface area contributed by atoms with E-state index in [0.717, 1.165) is 28.9 Å². The van der Waals surface area contributed by atoms with Crippen molar-refractivity contribution in [2.45, 2.75) is 26.8 Å². The molecule has 0 aromatic heterocycles. The van der Waals surface area contributed by atoms with Crippen molar-refractivity contribution in [2.75, 3.05) is 24.6 Å². The summed E-state index contributed by atoms with van der Waals surface area (Å²) >= 11 is 0. The Morgan fingerprint density at radius 1 is 1.39 bits per heavy atom. The number of aryl methyl sites for hydroxylation is 2. The van der Waals surface area contributed by atoms with Crippen LogP contribution in [0.15, 0.2) is 12.1 Å². The first-order chi connectivity index (χ1) is 8.60. The lowest BCUT2D eigenvalue weighted by atomic mass is 10.00. The van der Waals surface area contributed by atoms with Crippen molar-refractivity contribution in [3.8, 4) is 0 Å². The van der Waals surface area contributed by atoms with Crippen LogP contribution in [0.2, 0.25) is 0 Å². The second-order valence-corrected chi connectivity index (χ2v) is 4.72. The van der Waals surface area contributed by atoms with Gasteiger partial charge in [0.25, 0.3) is 0 Å². The third kappa shape index (κ3) is 2.02. The second-order valence-electron chi connectivity index (χ2n) is 4.72. The number of carbonyl (C=O) groups excluding carboxylic acids is 1. The SMILES string of the molecule is CCNC1C(=O)N(CCO)c2cc(C)cc(C)c21. The topological polar surface area (TPSA) is 52.6 Å². The van der Waals surface area contributed by atoms with Crippen LogP contribution in [-0.4, -0.2) is 30.7 Å². The van der Waals surface area contributed by atoms with Crippen LogP contribution in [0.4, 0.5) is 5.69 Å². The van der Waals surface area contributed by atoms with E-state index in [1.165, 1.54) is 0 Å². The van der Waals surface area contributed by atoms with Crippen LogP contribution in [0.1, 0.15) is 29.7 Å². The number of β-amino-alcohol motifs (C(OH)–C–C–N with tert-alkyl or cyclic N) is 1. The van der Waals surface area contributed by atoms with Crippen molar-refractivity contribution in [3.05, 3.63) is 28.8 Å². The summed E-state index contributed by atoms with van der Waals surface area (Å²) in [7, 11) is 0. The molecule has 4 heteroatoms. The molecular formula is C14H20N2O2. The molecule has 0 aliphatic carbocycles. The average Bonchev–Trinajstić information content (AvgIpc) is 2.56. The van der Waals surface area contributed by atoms with E-state index in [9.17, 15) is 4.79 Å². The zero-order valence-corrected chi connectivity index (χ0v) is 11.2. The smallest absolute Gasteiger partial charge is 0.248 e. The van der Waals surface area contributed by atoms with Crippen molar-refractivity contribution >= 4 is 11.6 Å². The number of carbonyl (C=O) groups is 1. The zero-order valence-electron chi connectivity index (χ0n) is 11.2. The Balaban J connectivity index is 2.51. The first-order valence-corrected chi connectivity index (χ1v) is 6.37. The van der Waals surface area contributed by atoms with Gasteiger partial charge in [0, 0.05) is 17.8 Å². The molecule has 0 saturated heterocycles. The molecule has 1 aliphatic heterocycles. The van der Waals surface area contributed by atoms with E-state index in [1.807, 2.05) is 26.8 Å². The van der Waals surface area contributed by atoms with Gasteiger partial charge in [0.1, 0.15) is 6.04 Å². The zero-order chi connectivity index (χ0) is 13.3. The summed E-state index contributed by atoms with van der Waals surface area (Å²) < 4.78 is 0. The third-order valence-electron chi connectivity index (χ3n) is 3.33. The number of benzene rings is 1. The molecule has 98 valence electrons. The van der Waals surface area contributed by atoms with E-state index in [4.69, 9.17) is 5.11 Å². The number of nitrogens with zero attached hydrogens (tertiary/aromatic N) is 1. The van der Waals surface area contributed by atoms with Gasteiger partial charge >= 0.3 is 0 Å². The van der Waals surface area contributed by atoms with Crippen LogP contribution < -0.4 is 10.2 Å². The summed E-state index contributed by atoms with van der Waals surface area (Å²) in [5.41, 5.74) is 4.27. The van der Waals surface area contributed by atoms with Gasteiger partial charge in [-0.25, -0.2) is 0 Å². The predicted octanol–water partition coefficient (Wildman–Crippen LogP) is 1.29. The number of aliphatic hydroxyl groups is 1. The summed E-state index contributed by atoms with van der Waals surface area (Å²) in [6.07, 6.45) is 0. The van der Waals surface area contributed by atoms with E-state index in [1.54, 1.807) is 4.90 Å². The Hall–Kier alpha value is -1.39. The molecule has 0 saturated carbocycles. The second kappa shape index (κ2) is 5.08. The van der Waals surface area contributed by atoms with Crippen LogP contribution in [0, 0.1) is 13.8 Å². The van der Waals surface area contributed by atoms with Crippen LogP contribution in [-0.2, 0) is 4.79 Å². The van der Waals surface area contributed by atoms with Gasteiger partial charge in [0.05, 0.1) is 6.61 Å². The van der Waals surface area contributed by atoms with E-state index in [-0.39, 0.29) is 18.6 Å². The number of likely N-dealkylation sites (N-methyl/N-ethyl adjacent to an activating group) is 1. The lowest BCUT2D eigenvalue weighted by Crippen LogP contribution is -2.36. The summed E-state index contributed by atoms with van der Waals surface area (Å²) in [5.74, 6) is 0.0367. The monoisotopic (exact) mass is 248 g/mol. The molecule has 1 aromatic rings. The molecule has 1 unspecified atom stereocenters. The van der Waals surface area contributed by atoms with Gasteiger partial charge in [-0.15, -0.1) is 0 Å². The molecule has 1 aliphatic rings. The van der Waals surface area contributed by atoms with E-state index < -0.39 is 0 Å². The number of rotatable bonds is 4. The lowest BCUT2D eigenvalue weighted by molar-refractivity contribution is -0.120. The molecule has 0 spiro atoms. The molecule has 0 fully saturated rings. The van der Waals surface area contributed by atoms with Gasteiger partial charge < -0.3 is 15.3 Å². The Morgan fingerprint density at radius 3 is 2.72 bits per heavy atom. The average molecular weight is 248 g/mol. The van der Waals surface area contributed by atoms with Crippen molar-refractivity contribution in [1.82, 2.24) is 5.32 Å². The Morgan fingerprint density at radius 2 is 2.11 bits per heavy atom. The molecule has 1 aromatic carbocycles. The van der Waals surface area contributed by atoms with Gasteiger partial charge in [-0.2, -0.15) is 0 Å². The summed E-state index contributed by atoms with van der Waals surface area (Å²) in [4.78, 5) is 14.0. The fourth-order valence-corrected chi connectivity index (χ4v) is 2.68. The molecular weight excluding hydrogens is 228 g/mol. The molecule has 4 nitrogen and oxygen atoms in total. The molecule has 1 amide bonds. The standard InChI is InChI=1S/C14H20N2O2/c1-4-15-13-12-10(3)7-9(2)8-11(12)16(5-6-17)14(13)18/h7-8,13,15,17H,4-6H2,1-3H3. The van der Waals surface area contributed by atoms with Gasteiger partial charge in [-0.1, -0.05) is 13.0 Å². The molecule has 1 heterocycles. The first kappa shape index (κ1) is 13.1. The van der Waals surface area contributed by atoms with Gasteiger partial charge in [0.15, 0.2) is 0 Å². The van der Waals surface area contributed by atoms with Crippen molar-refractivity contribution in [3.63, 3.8) is 0 Å². The van der Waals surface area contributed by atoms with E-state index >= 15 is 0 Å². The number of hydrogen-bond acceptors (Lipinski definition) is 3. The fraction of sp³-hybridized carbons (Fsp3) is 0.500. The number of hydrogen-bond donors (Lipinski definition) is 2. The predicted molar refractivity (Wildman–Crippen MR) is 71.8 cm³/mol. The maximum absolute atomic E-state index is 12.4. The number of aliphatic hydroxyl groups excluding tert-OH is 1. The summed E-state index contributed by atoms with van der Waals surface area (Å²) in [6.45, 7) is 7.14. The van der Waals surface area contributed by atoms with Crippen molar-refractivity contribution in [2.24, 2.45) is 0 Å². The van der Waals surface area contributed by atoms with Crippen LogP contribution in [0.3, 0.4) is 0 Å². The first-order valence-electron chi connectivity index (χ1n) is 6.37. The molecule has 2 N–H and O–H groups in total. The summed E-state index contributed by atoms with van der Waals surface area (Å²) in [5, 5.41) is 12.3. The molecule has 0 bridgehead atoms. The van der Waals surface area contributed by atoms with E-state index in [2.05, 4.69) is 11.4 Å². The number of amides is 1. The van der Waals surface area contributed by atoms with Crippen molar-refractivity contribution < 1.29 is 9.90 Å². The Labute approximate surface area is 108 Å². The van der Waals surface area contributed by atoms with Gasteiger partial charge in [-0.05, 0) is 37.6 Å². The third-order valence-corrected chi connectivity index (χ3v) is 3.33. The Kier molecular flexibility index (Phi) is 3.68. The number of anilines is 1. The van der Waals surface area contributed by atoms with E-state index in [0.29, 0.717) is 6.54 Å². The van der Waals surface area contributed by atoms with Crippen LogP contribution in [0.5, 0.6) is 0 Å².